The van der Waals surface area contributed by atoms with Gasteiger partial charge in [-0.25, -0.2) is 0 Å². The van der Waals surface area contributed by atoms with Crippen molar-refractivity contribution in [2.24, 2.45) is 0 Å². The second kappa shape index (κ2) is 3.26. The Morgan fingerprint density at radius 2 is 2.08 bits per heavy atom. The van der Waals surface area contributed by atoms with Crippen LogP contribution in [0, 0.1) is 0 Å². The molecule has 5 heteroatoms. The van der Waals surface area contributed by atoms with E-state index in [1.807, 2.05) is 0 Å². The quantitative estimate of drug-likeness (QED) is 0.438. The number of aliphatic hydroxyl groups excluding tert-OH is 3. The average Bonchev–Trinajstić information content (AvgIpc) is 2.08. The van der Waals surface area contributed by atoms with Crippen LogP contribution in [-0.2, 0) is 4.74 Å². The Labute approximate surface area is 75.9 Å². The Balaban J connectivity index is 3.01. The molecule has 76 valence electrons. The van der Waals surface area contributed by atoms with Crippen LogP contribution in [0.4, 0.5) is 0 Å². The lowest BCUT2D eigenvalue weighted by Crippen LogP contribution is -2.48. The molecule has 4 N–H and O–H groups in total. The predicted molar refractivity (Wildman–Crippen MR) is 43.9 cm³/mol. The van der Waals surface area contributed by atoms with Crippen molar-refractivity contribution in [2.75, 3.05) is 6.61 Å². The van der Waals surface area contributed by atoms with Crippen LogP contribution in [0.3, 0.4) is 0 Å². The van der Waals surface area contributed by atoms with Crippen LogP contribution < -0.4 is 0 Å². The fourth-order valence-corrected chi connectivity index (χ4v) is 1.22. The molecule has 0 aliphatic carbocycles. The lowest BCUT2D eigenvalue weighted by atomic mass is 9.98. The summed E-state index contributed by atoms with van der Waals surface area (Å²) >= 11 is 0. The maximum absolute atomic E-state index is 9.57. The Bertz CT molecular complexity index is 233. The van der Waals surface area contributed by atoms with Crippen molar-refractivity contribution in [1.29, 1.82) is 0 Å². The average molecular weight is 190 g/mol. The molecule has 13 heavy (non-hydrogen) atoms. The van der Waals surface area contributed by atoms with Crippen molar-refractivity contribution in [2.45, 2.75) is 31.8 Å². The summed E-state index contributed by atoms with van der Waals surface area (Å²) in [4.78, 5) is 0. The van der Waals surface area contributed by atoms with E-state index in [-0.39, 0.29) is 11.3 Å². The van der Waals surface area contributed by atoms with Crippen LogP contribution in [0.25, 0.3) is 0 Å². The summed E-state index contributed by atoms with van der Waals surface area (Å²) in [6.45, 7) is 2.33. The van der Waals surface area contributed by atoms with Gasteiger partial charge in [-0.3, -0.25) is 0 Å². The molecule has 5 nitrogen and oxygen atoms in total. The van der Waals surface area contributed by atoms with Gasteiger partial charge in [-0.15, -0.1) is 0 Å². The minimum atomic E-state index is -1.63. The van der Waals surface area contributed by atoms with Crippen molar-refractivity contribution in [1.82, 2.24) is 0 Å². The Hall–Kier alpha value is -0.620. The second-order valence-corrected chi connectivity index (χ2v) is 3.28. The Morgan fingerprint density at radius 1 is 1.54 bits per heavy atom. The van der Waals surface area contributed by atoms with Gasteiger partial charge in [0.05, 0.1) is 6.61 Å². The number of hydrogen-bond acceptors (Lipinski definition) is 5. The van der Waals surface area contributed by atoms with Gasteiger partial charge in [0.1, 0.15) is 18.0 Å². The van der Waals surface area contributed by atoms with Crippen molar-refractivity contribution in [3.63, 3.8) is 0 Å². The maximum atomic E-state index is 9.57. The second-order valence-electron chi connectivity index (χ2n) is 3.28. The van der Waals surface area contributed by atoms with E-state index in [9.17, 15) is 15.3 Å². The molecule has 0 aromatic heterocycles. The van der Waals surface area contributed by atoms with Crippen LogP contribution in [0.1, 0.15) is 13.8 Å². The molecule has 1 aliphatic rings. The normalized spacial score (nSPS) is 41.0. The van der Waals surface area contributed by atoms with E-state index in [0.29, 0.717) is 0 Å². The summed E-state index contributed by atoms with van der Waals surface area (Å²) in [5.41, 5.74) is 0.157. The largest absolute Gasteiger partial charge is 0.509 e. The highest BCUT2D eigenvalue weighted by molar-refractivity contribution is 5.20. The topological polar surface area (TPSA) is 90.2 Å². The molecule has 0 aromatic carbocycles. The summed E-state index contributed by atoms with van der Waals surface area (Å²) < 4.78 is 4.96. The number of rotatable bonds is 1. The standard InChI is InChI=1S/C8H14O5/c1-4-6(10)7(11)5(3-9)13-8(4,2)12/h5,7,9-12H,3H2,1-2H3/t5?,7-,8-/m0/s1. The molecule has 0 amide bonds. The van der Waals surface area contributed by atoms with Crippen LogP contribution >= 0.6 is 0 Å². The highest BCUT2D eigenvalue weighted by Crippen LogP contribution is 2.30. The van der Waals surface area contributed by atoms with E-state index in [4.69, 9.17) is 9.84 Å². The van der Waals surface area contributed by atoms with Gasteiger partial charge in [0.15, 0.2) is 5.79 Å². The zero-order valence-electron chi connectivity index (χ0n) is 7.56. The van der Waals surface area contributed by atoms with E-state index < -0.39 is 24.6 Å². The minimum absolute atomic E-state index is 0.157. The van der Waals surface area contributed by atoms with Crippen LogP contribution in [0.15, 0.2) is 11.3 Å². The highest BCUT2D eigenvalue weighted by atomic mass is 16.6. The third-order valence-corrected chi connectivity index (χ3v) is 2.27. The molecule has 0 radical (unpaired) electrons. The van der Waals surface area contributed by atoms with Gasteiger partial charge in [-0.05, 0) is 13.8 Å². The zero-order chi connectivity index (χ0) is 10.2. The molecule has 0 saturated heterocycles. The van der Waals surface area contributed by atoms with Crippen molar-refractivity contribution in [3.05, 3.63) is 11.3 Å². The zero-order valence-corrected chi connectivity index (χ0v) is 7.56. The third kappa shape index (κ3) is 1.68. The highest BCUT2D eigenvalue weighted by Gasteiger charge is 2.41. The van der Waals surface area contributed by atoms with Crippen LogP contribution in [-0.4, -0.2) is 45.0 Å². The molecule has 1 rings (SSSR count). The molecular weight excluding hydrogens is 176 g/mol. The summed E-state index contributed by atoms with van der Waals surface area (Å²) in [5.74, 6) is -1.97. The number of ether oxygens (including phenoxy) is 1. The SMILES string of the molecule is CC1=C(O)[C@@H](O)C(CO)O[C@]1(C)O. The Kier molecular flexibility index (Phi) is 2.63. The summed E-state index contributed by atoms with van der Waals surface area (Å²) in [7, 11) is 0. The van der Waals surface area contributed by atoms with E-state index in [0.717, 1.165) is 0 Å². The molecule has 1 unspecified atom stereocenters. The number of hydrogen-bond donors (Lipinski definition) is 4. The first-order chi connectivity index (χ1) is 5.90. The molecule has 1 heterocycles. The van der Waals surface area contributed by atoms with Gasteiger partial charge < -0.3 is 25.2 Å². The fourth-order valence-electron chi connectivity index (χ4n) is 1.22. The first kappa shape index (κ1) is 10.5. The van der Waals surface area contributed by atoms with Crippen LogP contribution in [0.2, 0.25) is 0 Å². The molecular formula is C8H14O5. The predicted octanol–water partition coefficient (Wildman–Crippen LogP) is -0.721. The van der Waals surface area contributed by atoms with Crippen molar-refractivity contribution in [3.8, 4) is 0 Å². The van der Waals surface area contributed by atoms with Crippen LogP contribution in [0.5, 0.6) is 0 Å². The number of aliphatic hydroxyl groups is 4. The summed E-state index contributed by atoms with van der Waals surface area (Å²) in [5, 5.41) is 37.0. The van der Waals surface area contributed by atoms with Gasteiger partial charge in [0.2, 0.25) is 0 Å². The van der Waals surface area contributed by atoms with E-state index in [2.05, 4.69) is 0 Å². The van der Waals surface area contributed by atoms with Gasteiger partial charge in [-0.2, -0.15) is 0 Å². The maximum Gasteiger partial charge on any atom is 0.189 e. The van der Waals surface area contributed by atoms with Gasteiger partial charge in [0.25, 0.3) is 0 Å². The fraction of sp³-hybridized carbons (Fsp3) is 0.750. The first-order valence-corrected chi connectivity index (χ1v) is 3.99. The minimum Gasteiger partial charge on any atom is -0.509 e. The molecule has 0 bridgehead atoms. The molecule has 3 atom stereocenters. The van der Waals surface area contributed by atoms with E-state index in [1.54, 1.807) is 0 Å². The van der Waals surface area contributed by atoms with Gasteiger partial charge in [0, 0.05) is 5.57 Å². The lowest BCUT2D eigenvalue weighted by molar-refractivity contribution is -0.234. The summed E-state index contributed by atoms with van der Waals surface area (Å²) in [6, 6.07) is 0. The first-order valence-electron chi connectivity index (χ1n) is 3.99. The Morgan fingerprint density at radius 3 is 2.54 bits per heavy atom. The lowest BCUT2D eigenvalue weighted by Gasteiger charge is -2.37. The smallest absolute Gasteiger partial charge is 0.189 e. The van der Waals surface area contributed by atoms with Gasteiger partial charge >= 0.3 is 0 Å². The molecule has 1 aliphatic heterocycles. The van der Waals surface area contributed by atoms with Crippen molar-refractivity contribution >= 4 is 0 Å². The monoisotopic (exact) mass is 190 g/mol. The van der Waals surface area contributed by atoms with Gasteiger partial charge in [-0.1, -0.05) is 0 Å². The van der Waals surface area contributed by atoms with E-state index in [1.165, 1.54) is 13.8 Å². The molecule has 0 saturated carbocycles. The molecule has 0 fully saturated rings. The molecule has 0 aromatic rings. The molecule has 0 spiro atoms. The third-order valence-electron chi connectivity index (χ3n) is 2.27. The van der Waals surface area contributed by atoms with Crippen molar-refractivity contribution < 1.29 is 25.2 Å². The summed E-state index contributed by atoms with van der Waals surface area (Å²) in [6.07, 6.45) is -2.26. The van der Waals surface area contributed by atoms with E-state index >= 15 is 0 Å².